The molecule has 0 amide bonds. The fourth-order valence-electron chi connectivity index (χ4n) is 4.52. The van der Waals surface area contributed by atoms with Crippen molar-refractivity contribution in [2.24, 2.45) is 0 Å². The molecule has 184 valence electrons. The average Bonchev–Trinajstić information content (AvgIpc) is 3.23. The van der Waals surface area contributed by atoms with Crippen LogP contribution in [0.5, 0.6) is 0 Å². The molecule has 35 heavy (non-hydrogen) atoms. The van der Waals surface area contributed by atoms with Crippen LogP contribution in [0.1, 0.15) is 62.6 Å². The summed E-state index contributed by atoms with van der Waals surface area (Å²) < 4.78 is 0. The Balaban J connectivity index is 1.23. The number of hydrogen-bond acceptors (Lipinski definition) is 4. The van der Waals surface area contributed by atoms with Crippen molar-refractivity contribution in [3.63, 3.8) is 0 Å². The monoisotopic (exact) mass is 524 g/mol. The summed E-state index contributed by atoms with van der Waals surface area (Å²) in [6, 6.07) is 14.3. The van der Waals surface area contributed by atoms with Crippen molar-refractivity contribution >= 4 is 52.1 Å². The van der Waals surface area contributed by atoms with E-state index in [1.807, 2.05) is 42.2 Å². The SMILES string of the molecule is Cc1cccc2c1N(C(=S)Nc1cccc(Cl)c1)C(CCCCCCCCCc1cnccn1)S2. The summed E-state index contributed by atoms with van der Waals surface area (Å²) in [5, 5.41) is 5.17. The van der Waals surface area contributed by atoms with Gasteiger partial charge in [-0.05, 0) is 68.2 Å². The number of nitrogens with one attached hydrogen (secondary N) is 1. The first-order valence-corrected chi connectivity index (χ1v) is 14.2. The number of nitrogens with zero attached hydrogens (tertiary/aromatic N) is 3. The molecule has 0 radical (unpaired) electrons. The van der Waals surface area contributed by atoms with Crippen LogP contribution in [0.2, 0.25) is 5.02 Å². The number of hydrogen-bond donors (Lipinski definition) is 1. The molecule has 2 heterocycles. The van der Waals surface area contributed by atoms with E-state index in [9.17, 15) is 0 Å². The molecular weight excluding hydrogens is 492 g/mol. The van der Waals surface area contributed by atoms with Crippen molar-refractivity contribution in [1.29, 1.82) is 0 Å². The zero-order chi connectivity index (χ0) is 24.5. The van der Waals surface area contributed by atoms with Crippen LogP contribution >= 0.6 is 35.6 Å². The average molecular weight is 525 g/mol. The minimum atomic E-state index is 0.317. The standard InChI is InChI=1S/C28H33ClN4S2/c1-21-11-9-15-25-27(21)33(28(34)32-23-14-10-12-22(29)19-23)26(35-25)16-8-6-4-2-3-5-7-13-24-20-30-17-18-31-24/h9-12,14-15,17-20,26H,2-8,13,16H2,1H3,(H,32,34). The van der Waals surface area contributed by atoms with Crippen molar-refractivity contribution in [3.05, 3.63) is 77.3 Å². The molecule has 0 fully saturated rings. The predicted molar refractivity (Wildman–Crippen MR) is 154 cm³/mol. The van der Waals surface area contributed by atoms with Gasteiger partial charge in [0.2, 0.25) is 0 Å². The van der Waals surface area contributed by atoms with Crippen LogP contribution in [0.25, 0.3) is 0 Å². The highest BCUT2D eigenvalue weighted by Crippen LogP contribution is 2.47. The second-order valence-electron chi connectivity index (χ2n) is 9.01. The molecule has 1 N–H and O–H groups in total. The molecule has 0 saturated heterocycles. The Hall–Kier alpha value is -2.15. The number of fused-ring (bicyclic) bond motifs is 1. The molecule has 0 saturated carbocycles. The third-order valence-electron chi connectivity index (χ3n) is 6.29. The quantitative estimate of drug-likeness (QED) is 0.200. The third kappa shape index (κ3) is 7.42. The van der Waals surface area contributed by atoms with Crippen LogP contribution < -0.4 is 10.2 Å². The van der Waals surface area contributed by atoms with Crippen LogP contribution in [0, 0.1) is 6.92 Å². The van der Waals surface area contributed by atoms with Gasteiger partial charge < -0.3 is 10.2 Å². The summed E-state index contributed by atoms with van der Waals surface area (Å²) in [6.07, 6.45) is 16.4. The van der Waals surface area contributed by atoms with Crippen molar-refractivity contribution < 1.29 is 0 Å². The van der Waals surface area contributed by atoms with Gasteiger partial charge >= 0.3 is 0 Å². The molecule has 3 aromatic rings. The Kier molecular flexibility index (Phi) is 9.81. The molecule has 1 unspecified atom stereocenters. The van der Waals surface area contributed by atoms with Gasteiger partial charge in [0.05, 0.1) is 16.8 Å². The number of halogens is 1. The number of rotatable bonds is 11. The van der Waals surface area contributed by atoms with E-state index in [4.69, 9.17) is 23.8 Å². The summed E-state index contributed by atoms with van der Waals surface area (Å²) >= 11 is 14.0. The van der Waals surface area contributed by atoms with Gasteiger partial charge in [-0.3, -0.25) is 9.97 Å². The van der Waals surface area contributed by atoms with E-state index in [2.05, 4.69) is 45.3 Å². The van der Waals surface area contributed by atoms with Crippen molar-refractivity contribution in [2.45, 2.75) is 75.0 Å². The van der Waals surface area contributed by atoms with Crippen LogP contribution in [0.15, 0.2) is 66.0 Å². The molecule has 1 aliphatic heterocycles. The number of para-hydroxylation sites is 1. The van der Waals surface area contributed by atoms with E-state index >= 15 is 0 Å². The van der Waals surface area contributed by atoms with Crippen LogP contribution in [0.4, 0.5) is 11.4 Å². The van der Waals surface area contributed by atoms with Gasteiger partial charge in [-0.2, -0.15) is 0 Å². The summed E-state index contributed by atoms with van der Waals surface area (Å²) in [6.45, 7) is 2.17. The first kappa shape index (κ1) is 25.9. The van der Waals surface area contributed by atoms with Crippen molar-refractivity contribution in [1.82, 2.24) is 9.97 Å². The van der Waals surface area contributed by atoms with Gasteiger partial charge in [0.25, 0.3) is 0 Å². The fourth-order valence-corrected chi connectivity index (χ4v) is 6.53. The van der Waals surface area contributed by atoms with Gasteiger partial charge in [-0.25, -0.2) is 0 Å². The largest absolute Gasteiger partial charge is 0.332 e. The third-order valence-corrected chi connectivity index (χ3v) is 8.12. The first-order valence-electron chi connectivity index (χ1n) is 12.5. The van der Waals surface area contributed by atoms with Crippen molar-refractivity contribution in [2.75, 3.05) is 10.2 Å². The topological polar surface area (TPSA) is 41.0 Å². The maximum atomic E-state index is 6.18. The van der Waals surface area contributed by atoms with Gasteiger partial charge in [0, 0.05) is 34.2 Å². The molecule has 0 aliphatic carbocycles. The lowest BCUT2D eigenvalue weighted by atomic mass is 10.1. The highest BCUT2D eigenvalue weighted by molar-refractivity contribution is 8.00. The molecule has 4 nitrogen and oxygen atoms in total. The summed E-state index contributed by atoms with van der Waals surface area (Å²) in [4.78, 5) is 12.1. The number of aryl methyl sites for hydroxylation is 2. The lowest BCUT2D eigenvalue weighted by Crippen LogP contribution is -2.39. The van der Waals surface area contributed by atoms with Gasteiger partial charge in [0.15, 0.2) is 5.11 Å². The molecule has 1 atom stereocenters. The maximum Gasteiger partial charge on any atom is 0.178 e. The normalized spacial score (nSPS) is 14.7. The molecule has 1 aliphatic rings. The molecule has 0 spiro atoms. The van der Waals surface area contributed by atoms with E-state index < -0.39 is 0 Å². The Morgan fingerprint density at radius 2 is 1.80 bits per heavy atom. The van der Waals surface area contributed by atoms with E-state index in [1.165, 1.54) is 61.1 Å². The van der Waals surface area contributed by atoms with Crippen LogP contribution in [-0.2, 0) is 6.42 Å². The Labute approximate surface area is 223 Å². The second-order valence-corrected chi connectivity index (χ2v) is 11.1. The molecule has 2 aromatic carbocycles. The number of thioether (sulfide) groups is 1. The van der Waals surface area contributed by atoms with E-state index in [0.717, 1.165) is 29.3 Å². The van der Waals surface area contributed by atoms with E-state index in [-0.39, 0.29) is 0 Å². The van der Waals surface area contributed by atoms with E-state index in [0.29, 0.717) is 10.4 Å². The zero-order valence-electron chi connectivity index (χ0n) is 20.3. The van der Waals surface area contributed by atoms with E-state index in [1.54, 1.807) is 12.4 Å². The molecule has 0 bridgehead atoms. The highest BCUT2D eigenvalue weighted by atomic mass is 35.5. The summed E-state index contributed by atoms with van der Waals surface area (Å²) in [5.74, 6) is 0. The minimum Gasteiger partial charge on any atom is -0.332 e. The number of unbranched alkanes of at least 4 members (excludes halogenated alkanes) is 6. The fraction of sp³-hybridized carbons (Fsp3) is 0.393. The van der Waals surface area contributed by atoms with Crippen molar-refractivity contribution in [3.8, 4) is 0 Å². The molecular formula is C28H33ClN4S2. The Bertz CT molecular complexity index is 1110. The molecule has 1 aromatic heterocycles. The van der Waals surface area contributed by atoms with Crippen LogP contribution in [-0.4, -0.2) is 20.5 Å². The Morgan fingerprint density at radius 3 is 2.57 bits per heavy atom. The maximum absolute atomic E-state index is 6.18. The number of thiocarbonyl (C=S) groups is 1. The number of aromatic nitrogens is 2. The van der Waals surface area contributed by atoms with Crippen LogP contribution in [0.3, 0.4) is 0 Å². The highest BCUT2D eigenvalue weighted by Gasteiger charge is 2.33. The molecule has 4 rings (SSSR count). The van der Waals surface area contributed by atoms with Gasteiger partial charge in [-0.1, -0.05) is 80.1 Å². The smallest absolute Gasteiger partial charge is 0.178 e. The predicted octanol–water partition coefficient (Wildman–Crippen LogP) is 8.44. The minimum absolute atomic E-state index is 0.317. The summed E-state index contributed by atoms with van der Waals surface area (Å²) in [7, 11) is 0. The number of benzene rings is 2. The first-order chi connectivity index (χ1) is 17.1. The Morgan fingerprint density at radius 1 is 1.03 bits per heavy atom. The van der Waals surface area contributed by atoms with Gasteiger partial charge in [0.1, 0.15) is 0 Å². The lowest BCUT2D eigenvalue weighted by Gasteiger charge is -2.28. The summed E-state index contributed by atoms with van der Waals surface area (Å²) in [5.41, 5.74) is 4.53. The zero-order valence-corrected chi connectivity index (χ0v) is 22.6. The lowest BCUT2D eigenvalue weighted by molar-refractivity contribution is 0.563. The second kappa shape index (κ2) is 13.2. The number of anilines is 2. The molecule has 7 heteroatoms. The van der Waals surface area contributed by atoms with Gasteiger partial charge in [-0.15, -0.1) is 0 Å².